The number of esters is 1. The Labute approximate surface area is 211 Å². The summed E-state index contributed by atoms with van der Waals surface area (Å²) in [5.74, 6) is -1.46. The second-order valence-electron chi connectivity index (χ2n) is 6.91. The fourth-order valence-electron chi connectivity index (χ4n) is 3.31. The first-order chi connectivity index (χ1) is 16.8. The van der Waals surface area contributed by atoms with Gasteiger partial charge in [-0.2, -0.15) is 8.76 Å². The van der Waals surface area contributed by atoms with E-state index >= 15 is 0 Å². The van der Waals surface area contributed by atoms with Gasteiger partial charge < -0.3 is 18.7 Å². The van der Waals surface area contributed by atoms with Gasteiger partial charge in [-0.15, -0.1) is 0 Å². The molecule has 0 aliphatic rings. The molecule has 0 radical (unpaired) electrons. The molecule has 2 heterocycles. The summed E-state index contributed by atoms with van der Waals surface area (Å²) in [7, 11) is 2.55. The van der Waals surface area contributed by atoms with Gasteiger partial charge in [0, 0.05) is 22.6 Å². The fourth-order valence-corrected chi connectivity index (χ4v) is 4.58. The van der Waals surface area contributed by atoms with Crippen molar-refractivity contribution < 1.29 is 27.9 Å². The van der Waals surface area contributed by atoms with E-state index in [-0.39, 0.29) is 43.9 Å². The summed E-state index contributed by atoms with van der Waals surface area (Å²) in [4.78, 5) is 29.3. The van der Waals surface area contributed by atoms with Crippen molar-refractivity contribution in [2.24, 2.45) is 5.16 Å². The minimum atomic E-state index is -1.17. The number of ether oxygens (including phenoxy) is 2. The van der Waals surface area contributed by atoms with Crippen molar-refractivity contribution in [1.29, 1.82) is 0 Å². The lowest BCUT2D eigenvalue weighted by molar-refractivity contribution is -0.132. The predicted octanol–water partition coefficient (Wildman–Crippen LogP) is 5.46. The maximum atomic E-state index is 14.7. The number of hydrogen-bond donors (Lipinski definition) is 0. The lowest BCUT2D eigenvalue weighted by Crippen LogP contribution is -2.19. The molecule has 0 fully saturated rings. The largest absolute Gasteiger partial charge is 0.489 e. The van der Waals surface area contributed by atoms with Gasteiger partial charge >= 0.3 is 11.6 Å². The quantitative estimate of drug-likeness (QED) is 0.134. The van der Waals surface area contributed by atoms with Crippen LogP contribution < -0.4 is 10.4 Å². The number of methoxy groups -OCH3 is 1. The summed E-state index contributed by atoms with van der Waals surface area (Å²) in [6.45, 7) is 0.0238. The Morgan fingerprint density at radius 3 is 2.66 bits per heavy atom. The Bertz CT molecular complexity index is 1520. The Hall–Kier alpha value is -3.47. The Morgan fingerprint density at radius 1 is 1.20 bits per heavy atom. The maximum absolute atomic E-state index is 14.7. The highest BCUT2D eigenvalue weighted by Gasteiger charge is 2.23. The van der Waals surface area contributed by atoms with Gasteiger partial charge in [-0.05, 0) is 29.2 Å². The van der Waals surface area contributed by atoms with Gasteiger partial charge in [-0.25, -0.2) is 9.59 Å². The molecule has 2 aromatic heterocycles. The molecule has 0 amide bonds. The first kappa shape index (κ1) is 24.6. The smallest absolute Gasteiger partial charge is 0.373 e. The molecular formula is C23H15Cl2FN2O6S. The van der Waals surface area contributed by atoms with Crippen LogP contribution in [-0.2, 0) is 21.0 Å². The van der Waals surface area contributed by atoms with E-state index in [1.165, 1.54) is 26.4 Å². The normalized spacial score (nSPS) is 11.5. The standard InChI is InChI=1S/C23H15Cl2FN2O6S/c1-31-23(30)19(27-32-2)13-6-4-3-5-11(13)10-33-12-7-8-14-15(9-12)34-22(29)18(26)16(14)20-17(24)21(25)28-35-20/h3-9H,10H2,1-2H3/b27-19+. The van der Waals surface area contributed by atoms with Gasteiger partial charge in [0.05, 0.1) is 17.0 Å². The number of benzene rings is 2. The van der Waals surface area contributed by atoms with Crippen LogP contribution in [0.3, 0.4) is 0 Å². The number of hydrogen-bond acceptors (Lipinski definition) is 9. The molecule has 0 spiro atoms. The van der Waals surface area contributed by atoms with Crippen LogP contribution in [0.4, 0.5) is 4.39 Å². The molecule has 12 heteroatoms. The van der Waals surface area contributed by atoms with E-state index in [9.17, 15) is 14.0 Å². The number of oxime groups is 1. The highest BCUT2D eigenvalue weighted by molar-refractivity contribution is 7.11. The third-order valence-corrected chi connectivity index (χ3v) is 6.69. The van der Waals surface area contributed by atoms with Crippen molar-refractivity contribution in [3.63, 3.8) is 0 Å². The number of rotatable bonds is 7. The summed E-state index contributed by atoms with van der Waals surface area (Å²) in [6, 6.07) is 11.5. The summed E-state index contributed by atoms with van der Waals surface area (Å²) >= 11 is 12.9. The van der Waals surface area contributed by atoms with Crippen molar-refractivity contribution in [3.8, 4) is 16.2 Å². The SMILES string of the molecule is CO/N=C(/C(=O)OC)c1ccccc1COc1ccc2c(-c3snc(Cl)c3Cl)c(F)c(=O)oc2c1. The van der Waals surface area contributed by atoms with Crippen molar-refractivity contribution in [3.05, 3.63) is 80.0 Å². The van der Waals surface area contributed by atoms with Crippen molar-refractivity contribution in [1.82, 2.24) is 4.37 Å². The zero-order valence-corrected chi connectivity index (χ0v) is 20.5. The summed E-state index contributed by atoms with van der Waals surface area (Å²) in [6.07, 6.45) is 0. The lowest BCUT2D eigenvalue weighted by atomic mass is 10.0. The minimum absolute atomic E-state index is 0.00872. The van der Waals surface area contributed by atoms with Gasteiger partial charge in [0.25, 0.3) is 0 Å². The van der Waals surface area contributed by atoms with Gasteiger partial charge in [0.15, 0.2) is 10.9 Å². The molecule has 8 nitrogen and oxygen atoms in total. The summed E-state index contributed by atoms with van der Waals surface area (Å²) in [5.41, 5.74) is -0.112. The van der Waals surface area contributed by atoms with Crippen molar-refractivity contribution in [2.75, 3.05) is 14.2 Å². The van der Waals surface area contributed by atoms with E-state index in [0.29, 0.717) is 16.9 Å². The lowest BCUT2D eigenvalue weighted by Gasteiger charge is -2.12. The predicted molar refractivity (Wildman–Crippen MR) is 130 cm³/mol. The highest BCUT2D eigenvalue weighted by atomic mass is 35.5. The molecule has 2 aromatic carbocycles. The first-order valence-corrected chi connectivity index (χ1v) is 11.4. The molecule has 0 saturated heterocycles. The second-order valence-corrected chi connectivity index (χ2v) is 8.42. The third-order valence-electron chi connectivity index (χ3n) is 4.88. The monoisotopic (exact) mass is 536 g/mol. The topological polar surface area (TPSA) is 100 Å². The molecule has 0 N–H and O–H groups in total. The molecule has 0 bridgehead atoms. The number of aromatic nitrogens is 1. The van der Waals surface area contributed by atoms with Crippen LogP contribution in [0.15, 0.2) is 56.8 Å². The number of nitrogens with zero attached hydrogens (tertiary/aromatic N) is 2. The van der Waals surface area contributed by atoms with E-state index in [4.69, 9.17) is 41.9 Å². The Balaban J connectivity index is 1.70. The number of halogens is 3. The molecular weight excluding hydrogens is 522 g/mol. The average Bonchev–Trinajstić information content (AvgIpc) is 3.19. The Morgan fingerprint density at radius 2 is 1.97 bits per heavy atom. The summed E-state index contributed by atoms with van der Waals surface area (Å²) < 4.78 is 34.4. The van der Waals surface area contributed by atoms with Gasteiger partial charge in [-0.1, -0.05) is 52.6 Å². The molecule has 0 unspecified atom stereocenters. The molecule has 0 aliphatic heterocycles. The molecule has 4 rings (SSSR count). The average molecular weight is 537 g/mol. The fraction of sp³-hybridized carbons (Fsp3) is 0.130. The van der Waals surface area contributed by atoms with Crippen LogP contribution in [0.2, 0.25) is 10.2 Å². The molecule has 0 saturated carbocycles. The van der Waals surface area contributed by atoms with Crippen LogP contribution in [0.25, 0.3) is 21.4 Å². The minimum Gasteiger partial charge on any atom is -0.489 e. The van der Waals surface area contributed by atoms with E-state index in [2.05, 4.69) is 9.53 Å². The van der Waals surface area contributed by atoms with E-state index < -0.39 is 17.4 Å². The van der Waals surface area contributed by atoms with Crippen LogP contribution in [0, 0.1) is 5.82 Å². The highest BCUT2D eigenvalue weighted by Crippen LogP contribution is 2.41. The molecule has 0 aliphatic carbocycles. The van der Waals surface area contributed by atoms with Gasteiger partial charge in [0.1, 0.15) is 25.0 Å². The van der Waals surface area contributed by atoms with E-state index in [0.717, 1.165) is 11.5 Å². The molecule has 180 valence electrons. The van der Waals surface area contributed by atoms with E-state index in [1.807, 2.05) is 0 Å². The zero-order chi connectivity index (χ0) is 25.1. The van der Waals surface area contributed by atoms with E-state index in [1.54, 1.807) is 30.3 Å². The van der Waals surface area contributed by atoms with Crippen molar-refractivity contribution in [2.45, 2.75) is 6.61 Å². The Kier molecular flexibility index (Phi) is 7.34. The number of carbonyl (C=O) groups is 1. The summed E-state index contributed by atoms with van der Waals surface area (Å²) in [5, 5.41) is 4.10. The first-order valence-electron chi connectivity index (χ1n) is 9.83. The third kappa shape index (κ3) is 4.86. The molecule has 35 heavy (non-hydrogen) atoms. The van der Waals surface area contributed by atoms with Gasteiger partial charge in [0.2, 0.25) is 5.82 Å². The van der Waals surface area contributed by atoms with Gasteiger partial charge in [-0.3, -0.25) is 0 Å². The van der Waals surface area contributed by atoms with Crippen LogP contribution in [0.1, 0.15) is 11.1 Å². The van der Waals surface area contributed by atoms with Crippen LogP contribution in [0.5, 0.6) is 5.75 Å². The maximum Gasteiger partial charge on any atom is 0.373 e. The second kappa shape index (κ2) is 10.4. The molecule has 0 atom stereocenters. The number of fused-ring (bicyclic) bond motifs is 1. The molecule has 4 aromatic rings. The van der Waals surface area contributed by atoms with Crippen LogP contribution >= 0.6 is 34.7 Å². The number of carbonyl (C=O) groups excluding carboxylic acids is 1. The van der Waals surface area contributed by atoms with Crippen LogP contribution in [-0.4, -0.2) is 30.3 Å². The zero-order valence-electron chi connectivity index (χ0n) is 18.1. The van der Waals surface area contributed by atoms with Crippen molar-refractivity contribution >= 4 is 57.4 Å².